The lowest BCUT2D eigenvalue weighted by Gasteiger charge is -2.22. The van der Waals surface area contributed by atoms with Gasteiger partial charge in [0.25, 0.3) is 0 Å². The maximum atomic E-state index is 5.82. The van der Waals surface area contributed by atoms with Crippen molar-refractivity contribution in [1.29, 1.82) is 0 Å². The van der Waals surface area contributed by atoms with Gasteiger partial charge in [-0.2, -0.15) is 0 Å². The zero-order chi connectivity index (χ0) is 13.7. The van der Waals surface area contributed by atoms with Gasteiger partial charge in [-0.3, -0.25) is 0 Å². The Bertz CT molecular complexity index is 526. The Hall–Kier alpha value is -1.32. The third kappa shape index (κ3) is 3.82. The summed E-state index contributed by atoms with van der Waals surface area (Å²) in [5.41, 5.74) is 9.56. The average molecular weight is 319 g/mol. The summed E-state index contributed by atoms with van der Waals surface area (Å²) < 4.78 is 1.08. The second-order valence-electron chi connectivity index (χ2n) is 4.63. The lowest BCUT2D eigenvalue weighted by molar-refractivity contribution is 0.865. The van der Waals surface area contributed by atoms with E-state index in [4.69, 9.17) is 5.73 Å². The monoisotopic (exact) mass is 318 g/mol. The van der Waals surface area contributed by atoms with Gasteiger partial charge in [-0.25, -0.2) is 0 Å². The molecule has 2 aromatic carbocycles. The highest BCUT2D eigenvalue weighted by Gasteiger charge is 2.07. The number of nitrogens with two attached hydrogens (primary N) is 1. The minimum Gasteiger partial charge on any atom is -0.374 e. The number of likely N-dealkylation sites (N-methyl/N-ethyl adjacent to an activating group) is 1. The maximum absolute atomic E-state index is 5.82. The topological polar surface area (TPSA) is 29.3 Å². The Balaban J connectivity index is 2.05. The summed E-state index contributed by atoms with van der Waals surface area (Å²) in [7, 11) is 2.12. The first-order valence-electron chi connectivity index (χ1n) is 6.44. The smallest absolute Gasteiger partial charge is 0.0410 e. The van der Waals surface area contributed by atoms with E-state index in [-0.39, 0.29) is 0 Å². The highest BCUT2D eigenvalue weighted by molar-refractivity contribution is 9.10. The van der Waals surface area contributed by atoms with E-state index < -0.39 is 0 Å². The summed E-state index contributed by atoms with van der Waals surface area (Å²) >= 11 is 3.49. The molecule has 2 N–H and O–H groups in total. The van der Waals surface area contributed by atoms with Crippen molar-refractivity contribution in [3.05, 3.63) is 64.1 Å². The van der Waals surface area contributed by atoms with Gasteiger partial charge in [0.15, 0.2) is 0 Å². The third-order valence-electron chi connectivity index (χ3n) is 3.25. The normalized spacial score (nSPS) is 10.5. The fourth-order valence-electron chi connectivity index (χ4n) is 2.15. The van der Waals surface area contributed by atoms with Crippen LogP contribution in [0.15, 0.2) is 53.0 Å². The van der Waals surface area contributed by atoms with Crippen LogP contribution in [0.2, 0.25) is 0 Å². The standard InChI is InChI=1S/C16H19BrN2/c1-19(10-9-13-5-3-2-4-6-13)16-8-7-15(17)11-14(16)12-18/h2-8,11H,9-10,12,18H2,1H3. The van der Waals surface area contributed by atoms with Crippen LogP contribution in [-0.4, -0.2) is 13.6 Å². The molecule has 0 amide bonds. The van der Waals surface area contributed by atoms with Gasteiger partial charge in [0.05, 0.1) is 0 Å². The molecule has 0 aliphatic heterocycles. The molecule has 0 radical (unpaired) electrons. The van der Waals surface area contributed by atoms with Crippen molar-refractivity contribution in [2.45, 2.75) is 13.0 Å². The van der Waals surface area contributed by atoms with Crippen LogP contribution in [0.25, 0.3) is 0 Å². The summed E-state index contributed by atoms with van der Waals surface area (Å²) in [6, 6.07) is 16.8. The van der Waals surface area contributed by atoms with Gasteiger partial charge < -0.3 is 10.6 Å². The minimum absolute atomic E-state index is 0.560. The van der Waals surface area contributed by atoms with Crippen molar-refractivity contribution in [3.63, 3.8) is 0 Å². The molecule has 2 nitrogen and oxygen atoms in total. The predicted molar refractivity (Wildman–Crippen MR) is 85.4 cm³/mol. The molecular formula is C16H19BrN2. The van der Waals surface area contributed by atoms with Crippen LogP contribution < -0.4 is 10.6 Å². The Morgan fingerprint density at radius 3 is 2.53 bits per heavy atom. The molecule has 0 aliphatic rings. The largest absolute Gasteiger partial charge is 0.374 e. The van der Waals surface area contributed by atoms with Gasteiger partial charge in [0.1, 0.15) is 0 Å². The van der Waals surface area contributed by atoms with Crippen molar-refractivity contribution in [2.24, 2.45) is 5.73 Å². The number of hydrogen-bond donors (Lipinski definition) is 1. The fourth-order valence-corrected chi connectivity index (χ4v) is 2.56. The van der Waals surface area contributed by atoms with Crippen molar-refractivity contribution < 1.29 is 0 Å². The Morgan fingerprint density at radius 1 is 1.11 bits per heavy atom. The van der Waals surface area contributed by atoms with Gasteiger partial charge in [-0.1, -0.05) is 46.3 Å². The molecule has 3 heteroatoms. The second-order valence-corrected chi connectivity index (χ2v) is 5.55. The first-order chi connectivity index (χ1) is 9.20. The van der Waals surface area contributed by atoms with Crippen molar-refractivity contribution in [1.82, 2.24) is 0 Å². The molecule has 0 aliphatic carbocycles. The first kappa shape index (κ1) is 14.1. The molecule has 0 saturated heterocycles. The number of rotatable bonds is 5. The zero-order valence-electron chi connectivity index (χ0n) is 11.1. The average Bonchev–Trinajstić information content (AvgIpc) is 2.45. The van der Waals surface area contributed by atoms with E-state index in [2.05, 4.69) is 76.4 Å². The van der Waals surface area contributed by atoms with Crippen LogP contribution in [-0.2, 0) is 13.0 Å². The van der Waals surface area contributed by atoms with Crippen molar-refractivity contribution in [3.8, 4) is 0 Å². The van der Waals surface area contributed by atoms with E-state index in [0.717, 1.165) is 17.4 Å². The Kier molecular flexibility index (Phi) is 5.00. The van der Waals surface area contributed by atoms with Gasteiger partial charge in [0, 0.05) is 30.3 Å². The molecule has 0 spiro atoms. The Morgan fingerprint density at radius 2 is 1.84 bits per heavy atom. The molecule has 0 aromatic heterocycles. The van der Waals surface area contributed by atoms with Gasteiger partial charge in [-0.15, -0.1) is 0 Å². The van der Waals surface area contributed by atoms with Crippen LogP contribution in [0.5, 0.6) is 0 Å². The number of nitrogens with zero attached hydrogens (tertiary/aromatic N) is 1. The van der Waals surface area contributed by atoms with Gasteiger partial charge >= 0.3 is 0 Å². The van der Waals surface area contributed by atoms with Crippen molar-refractivity contribution in [2.75, 3.05) is 18.5 Å². The van der Waals surface area contributed by atoms with E-state index in [1.165, 1.54) is 16.8 Å². The maximum Gasteiger partial charge on any atom is 0.0410 e. The van der Waals surface area contributed by atoms with E-state index >= 15 is 0 Å². The van der Waals surface area contributed by atoms with Crippen LogP contribution in [0.1, 0.15) is 11.1 Å². The molecule has 0 unspecified atom stereocenters. The summed E-state index contributed by atoms with van der Waals surface area (Å²) in [5, 5.41) is 0. The quantitative estimate of drug-likeness (QED) is 0.912. The lowest BCUT2D eigenvalue weighted by atomic mass is 10.1. The third-order valence-corrected chi connectivity index (χ3v) is 3.74. The van der Waals surface area contributed by atoms with Crippen LogP contribution in [0, 0.1) is 0 Å². The van der Waals surface area contributed by atoms with E-state index in [9.17, 15) is 0 Å². The van der Waals surface area contributed by atoms with E-state index in [1.807, 2.05) is 0 Å². The summed E-state index contributed by atoms with van der Waals surface area (Å²) in [4.78, 5) is 2.27. The molecule has 0 atom stereocenters. The van der Waals surface area contributed by atoms with E-state index in [0.29, 0.717) is 6.54 Å². The highest BCUT2D eigenvalue weighted by atomic mass is 79.9. The van der Waals surface area contributed by atoms with Crippen LogP contribution in [0.3, 0.4) is 0 Å². The fraction of sp³-hybridized carbons (Fsp3) is 0.250. The second kappa shape index (κ2) is 6.73. The van der Waals surface area contributed by atoms with Crippen LogP contribution in [0.4, 0.5) is 5.69 Å². The predicted octanol–water partition coefficient (Wildman–Crippen LogP) is 3.59. The lowest BCUT2D eigenvalue weighted by Crippen LogP contribution is -2.22. The number of anilines is 1. The number of halogens is 1. The molecule has 0 bridgehead atoms. The molecular weight excluding hydrogens is 300 g/mol. The van der Waals surface area contributed by atoms with Crippen LogP contribution >= 0.6 is 15.9 Å². The first-order valence-corrected chi connectivity index (χ1v) is 7.23. The minimum atomic E-state index is 0.560. The number of benzene rings is 2. The van der Waals surface area contributed by atoms with E-state index in [1.54, 1.807) is 0 Å². The molecule has 2 rings (SSSR count). The SMILES string of the molecule is CN(CCc1ccccc1)c1ccc(Br)cc1CN. The summed E-state index contributed by atoms with van der Waals surface area (Å²) in [6.07, 6.45) is 1.04. The van der Waals surface area contributed by atoms with Gasteiger partial charge in [0.2, 0.25) is 0 Å². The summed E-state index contributed by atoms with van der Waals surface area (Å²) in [5.74, 6) is 0. The molecule has 0 saturated carbocycles. The molecule has 19 heavy (non-hydrogen) atoms. The molecule has 2 aromatic rings. The molecule has 0 heterocycles. The van der Waals surface area contributed by atoms with Crippen molar-refractivity contribution >= 4 is 21.6 Å². The Labute approximate surface area is 123 Å². The highest BCUT2D eigenvalue weighted by Crippen LogP contribution is 2.23. The number of hydrogen-bond acceptors (Lipinski definition) is 2. The summed E-state index contributed by atoms with van der Waals surface area (Å²) in [6.45, 7) is 1.54. The molecule has 100 valence electrons. The zero-order valence-corrected chi connectivity index (χ0v) is 12.7. The molecule has 0 fully saturated rings. The van der Waals surface area contributed by atoms with Gasteiger partial charge in [-0.05, 0) is 35.7 Å².